The molecule has 1 aliphatic rings. The zero-order chi connectivity index (χ0) is 11.9. The second kappa shape index (κ2) is 4.08. The van der Waals surface area contributed by atoms with Crippen LogP contribution in [0.1, 0.15) is 61.3 Å². The molecule has 1 fully saturated rings. The van der Waals surface area contributed by atoms with E-state index in [1.54, 1.807) is 0 Å². The molecule has 0 radical (unpaired) electrons. The SMILES string of the molecule is CC1OC1C(C)(C)CCC(C)(C)C(C)C. The van der Waals surface area contributed by atoms with Crippen molar-refractivity contribution in [1.82, 2.24) is 0 Å². The highest BCUT2D eigenvalue weighted by molar-refractivity contribution is 4.94. The van der Waals surface area contributed by atoms with Gasteiger partial charge in [0, 0.05) is 0 Å². The molecule has 0 aromatic heterocycles. The van der Waals surface area contributed by atoms with Crippen LogP contribution in [0.2, 0.25) is 0 Å². The van der Waals surface area contributed by atoms with E-state index in [9.17, 15) is 0 Å². The molecule has 15 heavy (non-hydrogen) atoms. The molecule has 0 spiro atoms. The first-order valence-corrected chi connectivity index (χ1v) is 6.32. The van der Waals surface area contributed by atoms with E-state index in [4.69, 9.17) is 4.74 Å². The zero-order valence-electron chi connectivity index (χ0n) is 11.6. The van der Waals surface area contributed by atoms with E-state index in [1.807, 2.05) is 0 Å². The van der Waals surface area contributed by atoms with Crippen molar-refractivity contribution in [1.29, 1.82) is 0 Å². The Labute approximate surface area is 95.6 Å². The number of rotatable bonds is 5. The smallest absolute Gasteiger partial charge is 0.0889 e. The minimum Gasteiger partial charge on any atom is -0.369 e. The molecule has 0 amide bonds. The molecule has 90 valence electrons. The molecule has 1 aliphatic heterocycles. The molecule has 2 atom stereocenters. The lowest BCUT2D eigenvalue weighted by atomic mass is 9.72. The maximum absolute atomic E-state index is 5.61. The summed E-state index contributed by atoms with van der Waals surface area (Å²) in [4.78, 5) is 0. The van der Waals surface area contributed by atoms with Gasteiger partial charge in [-0.3, -0.25) is 0 Å². The first-order chi connectivity index (χ1) is 6.67. The van der Waals surface area contributed by atoms with E-state index in [2.05, 4.69) is 48.5 Å². The average Bonchev–Trinajstić information content (AvgIpc) is 2.80. The van der Waals surface area contributed by atoms with Crippen LogP contribution in [0.15, 0.2) is 0 Å². The summed E-state index contributed by atoms with van der Waals surface area (Å²) in [6.07, 6.45) is 3.56. The van der Waals surface area contributed by atoms with Crippen molar-refractivity contribution in [3.63, 3.8) is 0 Å². The highest BCUT2D eigenvalue weighted by Crippen LogP contribution is 2.44. The summed E-state index contributed by atoms with van der Waals surface area (Å²) in [6, 6.07) is 0. The lowest BCUT2D eigenvalue weighted by Crippen LogP contribution is -2.26. The topological polar surface area (TPSA) is 12.5 Å². The van der Waals surface area contributed by atoms with Gasteiger partial charge in [-0.2, -0.15) is 0 Å². The maximum Gasteiger partial charge on any atom is 0.0889 e. The van der Waals surface area contributed by atoms with E-state index in [0.29, 0.717) is 23.0 Å². The minimum absolute atomic E-state index is 0.353. The average molecular weight is 212 g/mol. The number of ether oxygens (including phenoxy) is 1. The van der Waals surface area contributed by atoms with Gasteiger partial charge in [0.2, 0.25) is 0 Å². The Morgan fingerprint density at radius 3 is 1.87 bits per heavy atom. The number of hydrogen-bond donors (Lipinski definition) is 0. The summed E-state index contributed by atoms with van der Waals surface area (Å²) in [5.74, 6) is 0.755. The Bertz CT molecular complexity index is 215. The molecule has 0 saturated carbocycles. The molecule has 1 rings (SSSR count). The molecule has 0 N–H and O–H groups in total. The molecule has 0 aromatic carbocycles. The Morgan fingerprint density at radius 2 is 1.53 bits per heavy atom. The predicted octanol–water partition coefficient (Wildman–Crippen LogP) is 4.26. The Balaban J connectivity index is 2.42. The van der Waals surface area contributed by atoms with Gasteiger partial charge >= 0.3 is 0 Å². The zero-order valence-corrected chi connectivity index (χ0v) is 11.6. The largest absolute Gasteiger partial charge is 0.369 e. The molecular formula is C14H28O. The Hall–Kier alpha value is -0.0400. The Morgan fingerprint density at radius 1 is 1.07 bits per heavy atom. The first-order valence-electron chi connectivity index (χ1n) is 6.32. The molecule has 1 heterocycles. The predicted molar refractivity (Wildman–Crippen MR) is 66.0 cm³/mol. The summed E-state index contributed by atoms with van der Waals surface area (Å²) in [5, 5.41) is 0. The fraction of sp³-hybridized carbons (Fsp3) is 1.00. The van der Waals surface area contributed by atoms with Gasteiger partial charge < -0.3 is 4.74 Å². The molecule has 1 saturated heterocycles. The maximum atomic E-state index is 5.61. The summed E-state index contributed by atoms with van der Waals surface area (Å²) >= 11 is 0. The summed E-state index contributed by atoms with van der Waals surface area (Å²) in [6.45, 7) is 16.3. The van der Waals surface area contributed by atoms with E-state index in [0.717, 1.165) is 5.92 Å². The normalized spacial score (nSPS) is 27.2. The van der Waals surface area contributed by atoms with E-state index in [-0.39, 0.29) is 0 Å². The monoisotopic (exact) mass is 212 g/mol. The first kappa shape index (κ1) is 13.0. The number of epoxide rings is 1. The van der Waals surface area contributed by atoms with Crippen LogP contribution in [-0.2, 0) is 4.74 Å². The van der Waals surface area contributed by atoms with Gasteiger partial charge in [0.1, 0.15) is 0 Å². The second-order valence-corrected chi connectivity index (χ2v) is 6.89. The van der Waals surface area contributed by atoms with Crippen molar-refractivity contribution < 1.29 is 4.74 Å². The molecule has 0 aromatic rings. The van der Waals surface area contributed by atoms with E-state index < -0.39 is 0 Å². The van der Waals surface area contributed by atoms with Crippen molar-refractivity contribution in [2.75, 3.05) is 0 Å². The van der Waals surface area contributed by atoms with Gasteiger partial charge in [-0.15, -0.1) is 0 Å². The Kier molecular flexibility index (Phi) is 3.55. The van der Waals surface area contributed by atoms with Crippen molar-refractivity contribution in [2.45, 2.75) is 73.5 Å². The van der Waals surface area contributed by atoms with Crippen LogP contribution in [-0.4, -0.2) is 12.2 Å². The fourth-order valence-corrected chi connectivity index (χ4v) is 2.08. The lowest BCUT2D eigenvalue weighted by molar-refractivity contribution is 0.156. The van der Waals surface area contributed by atoms with Crippen LogP contribution in [0.5, 0.6) is 0 Å². The minimum atomic E-state index is 0.353. The van der Waals surface area contributed by atoms with Crippen LogP contribution in [0, 0.1) is 16.7 Å². The third-order valence-corrected chi connectivity index (χ3v) is 4.46. The summed E-state index contributed by atoms with van der Waals surface area (Å²) in [5.41, 5.74) is 0.807. The number of hydrogen-bond acceptors (Lipinski definition) is 1. The van der Waals surface area contributed by atoms with Gasteiger partial charge in [-0.25, -0.2) is 0 Å². The molecule has 0 bridgehead atoms. The van der Waals surface area contributed by atoms with Crippen molar-refractivity contribution in [2.24, 2.45) is 16.7 Å². The fourth-order valence-electron chi connectivity index (χ4n) is 2.08. The third kappa shape index (κ3) is 3.21. The standard InChI is InChI=1S/C14H28O/c1-10(2)13(4,5)8-9-14(6,7)12-11(3)15-12/h10-12H,8-9H2,1-7H3. The van der Waals surface area contributed by atoms with Crippen molar-refractivity contribution in [3.05, 3.63) is 0 Å². The highest BCUT2D eigenvalue weighted by Gasteiger charge is 2.46. The summed E-state index contributed by atoms with van der Waals surface area (Å²) in [7, 11) is 0. The summed E-state index contributed by atoms with van der Waals surface area (Å²) < 4.78 is 5.61. The molecule has 2 unspecified atom stereocenters. The van der Waals surface area contributed by atoms with Gasteiger partial charge in [-0.05, 0) is 36.5 Å². The molecule has 0 aliphatic carbocycles. The van der Waals surface area contributed by atoms with Crippen molar-refractivity contribution >= 4 is 0 Å². The van der Waals surface area contributed by atoms with Crippen LogP contribution in [0.3, 0.4) is 0 Å². The molecular weight excluding hydrogens is 184 g/mol. The van der Waals surface area contributed by atoms with Gasteiger partial charge in [0.15, 0.2) is 0 Å². The molecule has 1 nitrogen and oxygen atoms in total. The quantitative estimate of drug-likeness (QED) is 0.620. The molecule has 1 heteroatoms. The second-order valence-electron chi connectivity index (χ2n) is 6.89. The highest BCUT2D eigenvalue weighted by atomic mass is 16.6. The third-order valence-electron chi connectivity index (χ3n) is 4.46. The van der Waals surface area contributed by atoms with E-state index in [1.165, 1.54) is 12.8 Å². The van der Waals surface area contributed by atoms with E-state index >= 15 is 0 Å². The van der Waals surface area contributed by atoms with Gasteiger partial charge in [0.05, 0.1) is 12.2 Å². The van der Waals surface area contributed by atoms with Crippen LogP contribution in [0.4, 0.5) is 0 Å². The van der Waals surface area contributed by atoms with Crippen LogP contribution < -0.4 is 0 Å². The van der Waals surface area contributed by atoms with Crippen LogP contribution in [0.25, 0.3) is 0 Å². The van der Waals surface area contributed by atoms with Crippen LogP contribution >= 0.6 is 0 Å². The van der Waals surface area contributed by atoms with Gasteiger partial charge in [-0.1, -0.05) is 41.5 Å². The van der Waals surface area contributed by atoms with Crippen molar-refractivity contribution in [3.8, 4) is 0 Å². The van der Waals surface area contributed by atoms with Gasteiger partial charge in [0.25, 0.3) is 0 Å². The lowest BCUT2D eigenvalue weighted by Gasteiger charge is -2.33.